The van der Waals surface area contributed by atoms with E-state index in [1.807, 2.05) is 0 Å². The predicted octanol–water partition coefficient (Wildman–Crippen LogP) is 3.12. The SMILES string of the molecule is Fc1ccc2c(C3CCN(CCCOc4ncccn4)CC3)noc2c1.O=C(O)C=CC(=O)O. The molecular weight excluding hydrogens is 447 g/mol. The number of fused-ring (bicyclic) bond motifs is 1. The Kier molecular flexibility index (Phi) is 9.04. The Balaban J connectivity index is 0.000000350. The topological polar surface area (TPSA) is 139 Å². The van der Waals surface area contributed by atoms with Crippen molar-refractivity contribution in [1.82, 2.24) is 20.0 Å². The molecule has 0 amide bonds. The Bertz CT molecular complexity index is 1100. The maximum Gasteiger partial charge on any atom is 0.328 e. The van der Waals surface area contributed by atoms with Gasteiger partial charge in [-0.2, -0.15) is 0 Å². The predicted molar refractivity (Wildman–Crippen MR) is 119 cm³/mol. The van der Waals surface area contributed by atoms with Crippen LogP contribution in [0.15, 0.2) is 53.3 Å². The van der Waals surface area contributed by atoms with Crippen LogP contribution in [0, 0.1) is 5.82 Å². The van der Waals surface area contributed by atoms with Crippen LogP contribution in [0.4, 0.5) is 4.39 Å². The van der Waals surface area contributed by atoms with Crippen LogP contribution in [0.3, 0.4) is 0 Å². The molecule has 0 spiro atoms. The van der Waals surface area contributed by atoms with Gasteiger partial charge in [0.05, 0.1) is 12.3 Å². The van der Waals surface area contributed by atoms with E-state index in [0.29, 0.717) is 36.3 Å². The first-order valence-electron chi connectivity index (χ1n) is 10.7. The molecule has 0 radical (unpaired) electrons. The van der Waals surface area contributed by atoms with Crippen molar-refractivity contribution >= 4 is 22.9 Å². The number of aliphatic carboxylic acids is 2. The zero-order chi connectivity index (χ0) is 24.3. The highest BCUT2D eigenvalue weighted by Gasteiger charge is 2.24. The van der Waals surface area contributed by atoms with E-state index in [1.165, 1.54) is 12.1 Å². The molecule has 1 aromatic carbocycles. The third-order valence-electron chi connectivity index (χ3n) is 5.20. The van der Waals surface area contributed by atoms with Crippen molar-refractivity contribution in [1.29, 1.82) is 0 Å². The Morgan fingerprint density at radius 2 is 1.82 bits per heavy atom. The summed E-state index contributed by atoms with van der Waals surface area (Å²) >= 11 is 0. The average molecular weight is 472 g/mol. The summed E-state index contributed by atoms with van der Waals surface area (Å²) in [5, 5.41) is 20.8. The normalized spacial score (nSPS) is 14.6. The molecule has 1 aliphatic heterocycles. The molecule has 180 valence electrons. The summed E-state index contributed by atoms with van der Waals surface area (Å²) in [7, 11) is 0. The third kappa shape index (κ3) is 7.62. The number of carbonyl (C=O) groups is 2. The van der Waals surface area contributed by atoms with Gasteiger partial charge >= 0.3 is 17.9 Å². The highest BCUT2D eigenvalue weighted by Crippen LogP contribution is 2.32. The van der Waals surface area contributed by atoms with E-state index in [0.717, 1.165) is 50.0 Å². The molecule has 10 nitrogen and oxygen atoms in total. The van der Waals surface area contributed by atoms with Crippen LogP contribution in [0.25, 0.3) is 11.0 Å². The number of hydrogen-bond donors (Lipinski definition) is 2. The molecule has 1 saturated heterocycles. The van der Waals surface area contributed by atoms with Gasteiger partial charge in [0, 0.05) is 48.5 Å². The molecule has 34 heavy (non-hydrogen) atoms. The van der Waals surface area contributed by atoms with Gasteiger partial charge in [-0.15, -0.1) is 0 Å². The van der Waals surface area contributed by atoms with Crippen LogP contribution in [0.5, 0.6) is 6.01 Å². The van der Waals surface area contributed by atoms with E-state index < -0.39 is 11.9 Å². The first kappa shape index (κ1) is 24.8. The molecule has 0 atom stereocenters. The lowest BCUT2D eigenvalue weighted by atomic mass is 9.91. The van der Waals surface area contributed by atoms with Crippen molar-refractivity contribution < 1.29 is 33.5 Å². The highest BCUT2D eigenvalue weighted by atomic mass is 19.1. The van der Waals surface area contributed by atoms with Crippen molar-refractivity contribution in [3.63, 3.8) is 0 Å². The first-order valence-corrected chi connectivity index (χ1v) is 10.7. The zero-order valence-electron chi connectivity index (χ0n) is 18.3. The standard InChI is InChI=1S/C19H21FN4O2.C4H4O4/c20-15-3-4-16-17(13-15)26-23-18(16)14-5-10-24(11-6-14)9-2-12-25-19-21-7-1-8-22-19;5-3(6)1-2-4(7)8/h1,3-4,7-8,13-14H,2,5-6,9-12H2;1-2H,(H,5,6)(H,7,8). The molecule has 1 fully saturated rings. The van der Waals surface area contributed by atoms with Crippen molar-refractivity contribution in [2.75, 3.05) is 26.2 Å². The van der Waals surface area contributed by atoms with E-state index in [1.54, 1.807) is 24.5 Å². The molecule has 0 saturated carbocycles. The quantitative estimate of drug-likeness (QED) is 0.371. The van der Waals surface area contributed by atoms with E-state index in [2.05, 4.69) is 20.0 Å². The summed E-state index contributed by atoms with van der Waals surface area (Å²) in [5.41, 5.74) is 1.49. The number of aromatic nitrogens is 3. The molecule has 2 N–H and O–H groups in total. The van der Waals surface area contributed by atoms with Gasteiger partial charge in [0.1, 0.15) is 5.82 Å². The van der Waals surface area contributed by atoms with Gasteiger partial charge in [0.25, 0.3) is 0 Å². The lowest BCUT2D eigenvalue weighted by Gasteiger charge is -2.31. The number of carboxylic acids is 2. The van der Waals surface area contributed by atoms with Gasteiger partial charge in [0.15, 0.2) is 5.58 Å². The van der Waals surface area contributed by atoms with E-state index in [9.17, 15) is 14.0 Å². The molecule has 1 aliphatic rings. The van der Waals surface area contributed by atoms with Crippen molar-refractivity contribution in [2.45, 2.75) is 25.2 Å². The van der Waals surface area contributed by atoms with E-state index in [4.69, 9.17) is 19.5 Å². The largest absolute Gasteiger partial charge is 0.478 e. The fourth-order valence-electron chi connectivity index (χ4n) is 3.61. The van der Waals surface area contributed by atoms with Gasteiger partial charge in [-0.1, -0.05) is 5.16 Å². The van der Waals surface area contributed by atoms with Crippen LogP contribution >= 0.6 is 0 Å². The van der Waals surface area contributed by atoms with Gasteiger partial charge in [-0.25, -0.2) is 23.9 Å². The third-order valence-corrected chi connectivity index (χ3v) is 5.20. The Hall–Kier alpha value is -3.86. The van der Waals surface area contributed by atoms with E-state index >= 15 is 0 Å². The van der Waals surface area contributed by atoms with Crippen molar-refractivity contribution in [3.8, 4) is 6.01 Å². The van der Waals surface area contributed by atoms with Gasteiger partial charge in [0.2, 0.25) is 0 Å². The number of benzene rings is 1. The fraction of sp³-hybridized carbons (Fsp3) is 0.348. The summed E-state index contributed by atoms with van der Waals surface area (Å²) < 4.78 is 24.1. The minimum absolute atomic E-state index is 0.293. The van der Waals surface area contributed by atoms with Gasteiger partial charge in [-0.3, -0.25) is 0 Å². The smallest absolute Gasteiger partial charge is 0.328 e. The minimum Gasteiger partial charge on any atom is -0.478 e. The van der Waals surface area contributed by atoms with Crippen LogP contribution in [-0.4, -0.2) is 68.4 Å². The molecular formula is C23H25FN4O6. The number of hydrogen-bond acceptors (Lipinski definition) is 8. The number of nitrogens with zero attached hydrogens (tertiary/aromatic N) is 4. The second kappa shape index (κ2) is 12.4. The first-order chi connectivity index (χ1) is 16.4. The highest BCUT2D eigenvalue weighted by molar-refractivity contribution is 5.89. The number of rotatable bonds is 8. The number of likely N-dealkylation sites (tertiary alicyclic amines) is 1. The van der Waals surface area contributed by atoms with Crippen LogP contribution < -0.4 is 4.74 Å². The summed E-state index contributed by atoms with van der Waals surface area (Å²) in [6, 6.07) is 6.84. The molecule has 4 rings (SSSR count). The molecule has 11 heteroatoms. The van der Waals surface area contributed by atoms with Crippen molar-refractivity contribution in [3.05, 3.63) is 60.3 Å². The van der Waals surface area contributed by atoms with E-state index in [-0.39, 0.29) is 5.82 Å². The lowest BCUT2D eigenvalue weighted by Crippen LogP contribution is -2.34. The number of carboxylic acid groups (broad SMARTS) is 2. The Morgan fingerprint density at radius 1 is 1.15 bits per heavy atom. The molecule has 0 aliphatic carbocycles. The molecule has 3 aromatic rings. The minimum atomic E-state index is -1.26. The Morgan fingerprint density at radius 3 is 2.47 bits per heavy atom. The van der Waals surface area contributed by atoms with Crippen LogP contribution in [-0.2, 0) is 9.59 Å². The fourth-order valence-corrected chi connectivity index (χ4v) is 3.61. The van der Waals surface area contributed by atoms with Crippen LogP contribution in [0.2, 0.25) is 0 Å². The maximum atomic E-state index is 13.3. The zero-order valence-corrected chi connectivity index (χ0v) is 18.3. The van der Waals surface area contributed by atoms with Gasteiger partial charge in [-0.05, 0) is 50.6 Å². The maximum absolute atomic E-state index is 13.3. The van der Waals surface area contributed by atoms with Gasteiger partial charge < -0.3 is 24.4 Å². The second-order valence-electron chi connectivity index (χ2n) is 7.57. The lowest BCUT2D eigenvalue weighted by molar-refractivity contribution is -0.134. The summed E-state index contributed by atoms with van der Waals surface area (Å²) in [6.07, 6.45) is 7.47. The Labute approximate surface area is 194 Å². The molecule has 3 heterocycles. The molecule has 0 unspecified atom stereocenters. The monoisotopic (exact) mass is 472 g/mol. The van der Waals surface area contributed by atoms with Crippen molar-refractivity contribution in [2.24, 2.45) is 0 Å². The average Bonchev–Trinajstić information content (AvgIpc) is 3.25. The number of piperidine rings is 1. The number of halogens is 1. The number of ether oxygens (including phenoxy) is 1. The second-order valence-corrected chi connectivity index (χ2v) is 7.57. The van der Waals surface area contributed by atoms with Crippen LogP contribution in [0.1, 0.15) is 30.9 Å². The summed E-state index contributed by atoms with van der Waals surface area (Å²) in [5.74, 6) is -2.44. The molecule has 2 aromatic heterocycles. The summed E-state index contributed by atoms with van der Waals surface area (Å²) in [4.78, 5) is 29.6. The molecule has 0 bridgehead atoms. The summed E-state index contributed by atoms with van der Waals surface area (Å²) in [6.45, 7) is 3.64.